The highest BCUT2D eigenvalue weighted by Gasteiger charge is 2.27. The Labute approximate surface area is 119 Å². The van der Waals surface area contributed by atoms with Crippen molar-refractivity contribution in [1.82, 2.24) is 5.32 Å². The van der Waals surface area contributed by atoms with E-state index in [1.165, 1.54) is 12.1 Å². The summed E-state index contributed by atoms with van der Waals surface area (Å²) in [5.41, 5.74) is 7.01. The number of amides is 1. The lowest BCUT2D eigenvalue weighted by Crippen LogP contribution is -2.42. The van der Waals surface area contributed by atoms with Gasteiger partial charge >= 0.3 is 0 Å². The van der Waals surface area contributed by atoms with Gasteiger partial charge in [0.1, 0.15) is 5.82 Å². The molecular formula is C16H23FN2O. The third kappa shape index (κ3) is 3.79. The predicted octanol–water partition coefficient (Wildman–Crippen LogP) is 2.91. The van der Waals surface area contributed by atoms with Crippen LogP contribution in [-0.2, 0) is 4.79 Å². The largest absolute Gasteiger partial charge is 0.349 e. The van der Waals surface area contributed by atoms with Crippen LogP contribution in [0.3, 0.4) is 0 Å². The van der Waals surface area contributed by atoms with Gasteiger partial charge in [0.2, 0.25) is 5.91 Å². The van der Waals surface area contributed by atoms with Crippen LogP contribution in [0.2, 0.25) is 0 Å². The van der Waals surface area contributed by atoms with Crippen molar-refractivity contribution in [1.29, 1.82) is 0 Å². The fraction of sp³-hybridized carbons (Fsp3) is 0.562. The van der Waals surface area contributed by atoms with Crippen molar-refractivity contribution < 1.29 is 9.18 Å². The summed E-state index contributed by atoms with van der Waals surface area (Å²) in [6, 6.07) is 6.06. The Morgan fingerprint density at radius 1 is 1.25 bits per heavy atom. The Bertz CT molecular complexity index is 446. The summed E-state index contributed by atoms with van der Waals surface area (Å²) in [7, 11) is 0. The number of nitrogens with two attached hydrogens (primary N) is 1. The molecule has 0 heterocycles. The van der Waals surface area contributed by atoms with Gasteiger partial charge in [0, 0.05) is 6.04 Å². The van der Waals surface area contributed by atoms with E-state index in [4.69, 9.17) is 5.73 Å². The molecule has 1 fully saturated rings. The molecule has 1 amide bonds. The number of rotatable bonds is 3. The average molecular weight is 278 g/mol. The summed E-state index contributed by atoms with van der Waals surface area (Å²) in [6.45, 7) is 1.91. The van der Waals surface area contributed by atoms with E-state index < -0.39 is 0 Å². The number of hydrogen-bond donors (Lipinski definition) is 2. The Hall–Kier alpha value is -1.42. The Morgan fingerprint density at radius 2 is 1.90 bits per heavy atom. The maximum atomic E-state index is 12.9. The standard InChI is InChI=1S/C16H23FN2O/c1-11(12-7-9-13(17)10-8-12)19-16(20)14-5-3-2-4-6-15(14)18/h7-11,14-15H,2-6,18H2,1H3,(H,19,20)/t11-,14?,15?/m0/s1. The number of carbonyl (C=O) groups excluding carboxylic acids is 1. The highest BCUT2D eigenvalue weighted by Crippen LogP contribution is 2.23. The molecule has 1 aromatic carbocycles. The molecule has 0 radical (unpaired) electrons. The molecule has 3 N–H and O–H groups in total. The van der Waals surface area contributed by atoms with Gasteiger partial charge in [-0.15, -0.1) is 0 Å². The third-order valence-electron chi connectivity index (χ3n) is 4.13. The van der Waals surface area contributed by atoms with Crippen LogP contribution >= 0.6 is 0 Å². The fourth-order valence-corrected chi connectivity index (χ4v) is 2.82. The molecule has 1 aliphatic carbocycles. The number of carbonyl (C=O) groups is 1. The minimum Gasteiger partial charge on any atom is -0.349 e. The first-order valence-corrected chi connectivity index (χ1v) is 7.39. The molecule has 0 bridgehead atoms. The van der Waals surface area contributed by atoms with Gasteiger partial charge < -0.3 is 11.1 Å². The van der Waals surface area contributed by atoms with Crippen LogP contribution < -0.4 is 11.1 Å². The van der Waals surface area contributed by atoms with E-state index in [1.807, 2.05) is 6.92 Å². The minimum atomic E-state index is -0.266. The van der Waals surface area contributed by atoms with E-state index in [0.29, 0.717) is 0 Å². The van der Waals surface area contributed by atoms with Crippen molar-refractivity contribution in [2.75, 3.05) is 0 Å². The molecule has 0 aliphatic heterocycles. The molecule has 1 saturated carbocycles. The van der Waals surface area contributed by atoms with Crippen molar-refractivity contribution in [3.8, 4) is 0 Å². The Morgan fingerprint density at radius 3 is 2.60 bits per heavy atom. The predicted molar refractivity (Wildman–Crippen MR) is 77.5 cm³/mol. The summed E-state index contributed by atoms with van der Waals surface area (Å²) in [5.74, 6) is -0.338. The van der Waals surface area contributed by atoms with Crippen LogP contribution in [0.15, 0.2) is 24.3 Å². The third-order valence-corrected chi connectivity index (χ3v) is 4.13. The molecule has 4 heteroatoms. The summed E-state index contributed by atoms with van der Waals surface area (Å²) >= 11 is 0. The molecule has 0 saturated heterocycles. The van der Waals surface area contributed by atoms with Crippen LogP contribution in [0.1, 0.15) is 50.6 Å². The van der Waals surface area contributed by atoms with E-state index in [0.717, 1.165) is 37.7 Å². The monoisotopic (exact) mass is 278 g/mol. The average Bonchev–Trinajstić information content (AvgIpc) is 2.64. The van der Waals surface area contributed by atoms with E-state index >= 15 is 0 Å². The van der Waals surface area contributed by atoms with Crippen molar-refractivity contribution in [2.45, 2.75) is 51.1 Å². The Kier molecular flexibility index (Phi) is 5.12. The second-order valence-electron chi connectivity index (χ2n) is 5.69. The van der Waals surface area contributed by atoms with E-state index in [9.17, 15) is 9.18 Å². The highest BCUT2D eigenvalue weighted by atomic mass is 19.1. The summed E-state index contributed by atoms with van der Waals surface area (Å²) < 4.78 is 12.9. The van der Waals surface area contributed by atoms with Crippen LogP contribution in [0, 0.1) is 11.7 Å². The lowest BCUT2D eigenvalue weighted by atomic mass is 9.94. The number of halogens is 1. The second-order valence-corrected chi connectivity index (χ2v) is 5.69. The first kappa shape index (κ1) is 15.0. The van der Waals surface area contributed by atoms with E-state index in [-0.39, 0.29) is 29.7 Å². The maximum Gasteiger partial charge on any atom is 0.225 e. The number of hydrogen-bond acceptors (Lipinski definition) is 2. The quantitative estimate of drug-likeness (QED) is 0.835. The highest BCUT2D eigenvalue weighted by molar-refractivity contribution is 5.79. The fourth-order valence-electron chi connectivity index (χ4n) is 2.82. The normalized spacial score (nSPS) is 24.8. The van der Waals surface area contributed by atoms with E-state index in [1.54, 1.807) is 12.1 Å². The smallest absolute Gasteiger partial charge is 0.225 e. The summed E-state index contributed by atoms with van der Waals surface area (Å²) in [5, 5.41) is 3.00. The molecule has 0 spiro atoms. The molecule has 2 rings (SSSR count). The zero-order chi connectivity index (χ0) is 14.5. The molecule has 3 atom stereocenters. The summed E-state index contributed by atoms with van der Waals surface area (Å²) in [6.07, 6.45) is 5.12. The van der Waals surface area contributed by atoms with Gasteiger partial charge in [-0.1, -0.05) is 31.4 Å². The Balaban J connectivity index is 1.97. The van der Waals surface area contributed by atoms with Gasteiger partial charge in [0.15, 0.2) is 0 Å². The van der Waals surface area contributed by atoms with Gasteiger partial charge in [-0.2, -0.15) is 0 Å². The van der Waals surface area contributed by atoms with Gasteiger partial charge in [-0.3, -0.25) is 4.79 Å². The van der Waals surface area contributed by atoms with Crippen LogP contribution in [0.25, 0.3) is 0 Å². The van der Waals surface area contributed by atoms with Crippen LogP contribution in [-0.4, -0.2) is 11.9 Å². The zero-order valence-corrected chi connectivity index (χ0v) is 11.9. The first-order valence-electron chi connectivity index (χ1n) is 7.39. The molecule has 110 valence electrons. The topological polar surface area (TPSA) is 55.1 Å². The number of nitrogens with one attached hydrogen (secondary N) is 1. The van der Waals surface area contributed by atoms with Crippen molar-refractivity contribution in [3.05, 3.63) is 35.6 Å². The molecule has 1 aliphatic rings. The lowest BCUT2D eigenvalue weighted by Gasteiger charge is -2.23. The zero-order valence-electron chi connectivity index (χ0n) is 11.9. The summed E-state index contributed by atoms with van der Waals surface area (Å²) in [4.78, 5) is 12.3. The SMILES string of the molecule is C[C@H](NC(=O)C1CCCCCC1N)c1ccc(F)cc1. The van der Waals surface area contributed by atoms with Crippen LogP contribution in [0.4, 0.5) is 4.39 Å². The van der Waals surface area contributed by atoms with Crippen molar-refractivity contribution in [3.63, 3.8) is 0 Å². The number of benzene rings is 1. The molecule has 2 unspecified atom stereocenters. The van der Waals surface area contributed by atoms with E-state index in [2.05, 4.69) is 5.32 Å². The second kappa shape index (κ2) is 6.84. The molecule has 3 nitrogen and oxygen atoms in total. The lowest BCUT2D eigenvalue weighted by molar-refractivity contribution is -0.126. The van der Waals surface area contributed by atoms with Crippen molar-refractivity contribution in [2.24, 2.45) is 11.7 Å². The van der Waals surface area contributed by atoms with Crippen LogP contribution in [0.5, 0.6) is 0 Å². The molecule has 0 aromatic heterocycles. The molecule has 20 heavy (non-hydrogen) atoms. The van der Waals surface area contributed by atoms with Gasteiger partial charge in [-0.25, -0.2) is 4.39 Å². The van der Waals surface area contributed by atoms with Gasteiger partial charge in [0.25, 0.3) is 0 Å². The maximum absolute atomic E-state index is 12.9. The first-order chi connectivity index (χ1) is 9.58. The van der Waals surface area contributed by atoms with Crippen molar-refractivity contribution >= 4 is 5.91 Å². The molecular weight excluding hydrogens is 255 g/mol. The van der Waals surface area contributed by atoms with Gasteiger partial charge in [0.05, 0.1) is 12.0 Å². The molecule has 1 aromatic rings. The minimum absolute atomic E-state index is 0.0243. The van der Waals surface area contributed by atoms with Gasteiger partial charge in [-0.05, 0) is 37.5 Å².